The highest BCUT2D eigenvalue weighted by molar-refractivity contribution is 5.02. The van der Waals surface area contributed by atoms with Gasteiger partial charge in [-0.3, -0.25) is 0 Å². The van der Waals surface area contributed by atoms with Crippen molar-refractivity contribution in [2.45, 2.75) is 188 Å². The van der Waals surface area contributed by atoms with Crippen LogP contribution >= 0.6 is 0 Å². The smallest absolute Gasteiger partial charge is 0.117 e. The summed E-state index contributed by atoms with van der Waals surface area (Å²) in [5.41, 5.74) is -2.49. The highest BCUT2D eigenvalue weighted by Gasteiger charge is 2.51. The summed E-state index contributed by atoms with van der Waals surface area (Å²) < 4.78 is 0. The van der Waals surface area contributed by atoms with Crippen molar-refractivity contribution in [2.24, 2.45) is 11.3 Å². The van der Waals surface area contributed by atoms with E-state index in [0.717, 1.165) is 44.9 Å². The number of rotatable bonds is 23. The first-order chi connectivity index (χ1) is 17.9. The zero-order valence-corrected chi connectivity index (χ0v) is 26.3. The Kier molecular flexibility index (Phi) is 24.6. The monoisotopic (exact) mass is 549 g/mol. The van der Waals surface area contributed by atoms with Crippen molar-refractivity contribution in [3.05, 3.63) is 0 Å². The van der Waals surface area contributed by atoms with Gasteiger partial charge in [0.05, 0.1) is 31.0 Å². The van der Waals surface area contributed by atoms with Crippen LogP contribution in [0.5, 0.6) is 0 Å². The van der Waals surface area contributed by atoms with Gasteiger partial charge in [-0.25, -0.2) is 0 Å². The minimum absolute atomic E-state index is 0.0371. The molecule has 5 atom stereocenters. The number of hydrogen-bond donors (Lipinski definition) is 6. The summed E-state index contributed by atoms with van der Waals surface area (Å²) in [4.78, 5) is 0. The fraction of sp³-hybridized carbons (Fsp3) is 1.00. The average Bonchev–Trinajstić information content (AvgIpc) is 2.90. The molecule has 0 aliphatic rings. The Hall–Kier alpha value is -0.240. The Bertz CT molecular complexity index is 512. The van der Waals surface area contributed by atoms with E-state index < -0.39 is 35.4 Å². The van der Waals surface area contributed by atoms with Crippen molar-refractivity contribution < 1.29 is 30.6 Å². The standard InChI is InChI=1S/C24H50O4.C8H18O2/c1-7-9-11-12-13-14-15-16-17-20(25)24(28,18-10-8-2)22(27)23(5,6)21(26)19(3)4;1-2-3-4-5-6-8(10)7-9/h19-22,25-28H,7-18H2,1-6H3;8-10H,2-7H2,1H3. The first kappa shape index (κ1) is 39.9. The Morgan fingerprint density at radius 3 is 1.47 bits per heavy atom. The molecule has 232 valence electrons. The molecule has 0 heterocycles. The van der Waals surface area contributed by atoms with E-state index in [-0.39, 0.29) is 12.5 Å². The van der Waals surface area contributed by atoms with Crippen molar-refractivity contribution in [1.29, 1.82) is 0 Å². The van der Waals surface area contributed by atoms with Gasteiger partial charge in [0.25, 0.3) is 0 Å². The fourth-order valence-corrected chi connectivity index (χ4v) is 5.23. The van der Waals surface area contributed by atoms with Crippen LogP contribution in [-0.4, -0.2) is 67.3 Å². The maximum atomic E-state index is 11.3. The Morgan fingerprint density at radius 2 is 1.03 bits per heavy atom. The third-order valence-electron chi connectivity index (χ3n) is 8.01. The molecule has 0 saturated carbocycles. The van der Waals surface area contributed by atoms with Gasteiger partial charge >= 0.3 is 0 Å². The van der Waals surface area contributed by atoms with E-state index >= 15 is 0 Å². The predicted octanol–water partition coefficient (Wildman–Crippen LogP) is 6.51. The molecule has 0 fully saturated rings. The van der Waals surface area contributed by atoms with Crippen LogP contribution in [0.4, 0.5) is 0 Å². The third-order valence-corrected chi connectivity index (χ3v) is 8.01. The van der Waals surface area contributed by atoms with E-state index in [1.54, 1.807) is 13.8 Å². The van der Waals surface area contributed by atoms with Gasteiger partial charge in [0.1, 0.15) is 5.60 Å². The lowest BCUT2D eigenvalue weighted by Gasteiger charge is -2.47. The number of aliphatic hydroxyl groups excluding tert-OH is 5. The maximum Gasteiger partial charge on any atom is 0.117 e. The molecule has 0 radical (unpaired) electrons. The van der Waals surface area contributed by atoms with Gasteiger partial charge in [-0.2, -0.15) is 0 Å². The molecular weight excluding hydrogens is 480 g/mol. The van der Waals surface area contributed by atoms with Crippen molar-refractivity contribution in [2.75, 3.05) is 6.61 Å². The van der Waals surface area contributed by atoms with Crippen molar-refractivity contribution in [1.82, 2.24) is 0 Å². The second kappa shape index (κ2) is 23.5. The Balaban J connectivity index is 0. The van der Waals surface area contributed by atoms with Gasteiger partial charge in [-0.15, -0.1) is 0 Å². The van der Waals surface area contributed by atoms with Crippen molar-refractivity contribution in [3.8, 4) is 0 Å². The van der Waals surface area contributed by atoms with Crippen LogP contribution in [0.15, 0.2) is 0 Å². The van der Waals surface area contributed by atoms with Crippen LogP contribution in [0.3, 0.4) is 0 Å². The maximum absolute atomic E-state index is 11.3. The molecule has 0 bridgehead atoms. The molecule has 0 amide bonds. The normalized spacial score (nSPS) is 16.9. The lowest BCUT2D eigenvalue weighted by molar-refractivity contribution is -0.207. The van der Waals surface area contributed by atoms with Gasteiger partial charge in [0, 0.05) is 5.41 Å². The molecule has 0 aromatic carbocycles. The number of hydrogen-bond acceptors (Lipinski definition) is 6. The van der Waals surface area contributed by atoms with Gasteiger partial charge in [-0.05, 0) is 25.2 Å². The van der Waals surface area contributed by atoms with E-state index in [1.807, 2.05) is 20.8 Å². The molecule has 0 saturated heterocycles. The summed E-state index contributed by atoms with van der Waals surface area (Å²) in [6, 6.07) is 0. The van der Waals surface area contributed by atoms with E-state index in [0.29, 0.717) is 12.8 Å². The van der Waals surface area contributed by atoms with Crippen LogP contribution in [0.2, 0.25) is 0 Å². The molecule has 6 heteroatoms. The van der Waals surface area contributed by atoms with Gasteiger partial charge in [-0.1, -0.05) is 138 Å². The molecule has 6 N–H and O–H groups in total. The molecule has 38 heavy (non-hydrogen) atoms. The summed E-state index contributed by atoms with van der Waals surface area (Å²) in [6.07, 6.45) is 13.9. The minimum Gasteiger partial charge on any atom is -0.394 e. The topological polar surface area (TPSA) is 121 Å². The molecule has 0 spiro atoms. The Morgan fingerprint density at radius 1 is 0.605 bits per heavy atom. The molecule has 0 rings (SSSR count). The molecular formula is C32H68O6. The van der Waals surface area contributed by atoms with E-state index in [2.05, 4.69) is 13.8 Å². The highest BCUT2D eigenvalue weighted by atomic mass is 16.4. The Labute approximate surface area is 236 Å². The molecule has 6 nitrogen and oxygen atoms in total. The molecule has 0 aromatic rings. The number of aliphatic hydroxyl groups is 6. The first-order valence-electron chi connectivity index (χ1n) is 15.9. The van der Waals surface area contributed by atoms with Crippen LogP contribution < -0.4 is 0 Å². The van der Waals surface area contributed by atoms with E-state index in [9.17, 15) is 20.4 Å². The minimum atomic E-state index is -1.59. The summed E-state index contributed by atoms with van der Waals surface area (Å²) in [7, 11) is 0. The summed E-state index contributed by atoms with van der Waals surface area (Å²) in [5, 5.41) is 61.2. The highest BCUT2D eigenvalue weighted by Crippen LogP contribution is 2.40. The van der Waals surface area contributed by atoms with Crippen LogP contribution in [0.1, 0.15) is 158 Å². The number of unbranched alkanes of at least 4 members (excludes halogenated alkanes) is 11. The predicted molar refractivity (Wildman–Crippen MR) is 160 cm³/mol. The zero-order valence-electron chi connectivity index (χ0n) is 26.3. The molecule has 0 aliphatic carbocycles. The summed E-state index contributed by atoms with van der Waals surface area (Å²) in [6.45, 7) is 13.7. The van der Waals surface area contributed by atoms with E-state index in [4.69, 9.17) is 10.2 Å². The lowest BCUT2D eigenvalue weighted by Crippen LogP contribution is -2.60. The lowest BCUT2D eigenvalue weighted by atomic mass is 9.67. The molecule has 0 aliphatic heterocycles. The van der Waals surface area contributed by atoms with Crippen LogP contribution in [0.25, 0.3) is 0 Å². The van der Waals surface area contributed by atoms with Crippen molar-refractivity contribution >= 4 is 0 Å². The third kappa shape index (κ3) is 16.8. The zero-order chi connectivity index (χ0) is 29.6. The molecule has 5 unspecified atom stereocenters. The largest absolute Gasteiger partial charge is 0.394 e. The first-order valence-corrected chi connectivity index (χ1v) is 15.9. The summed E-state index contributed by atoms with van der Waals surface area (Å²) in [5.74, 6) is -0.0371. The van der Waals surface area contributed by atoms with Crippen molar-refractivity contribution in [3.63, 3.8) is 0 Å². The SMILES string of the molecule is CCCCCCC(O)CO.CCCCCCCCCCC(O)C(O)(CCCC)C(O)C(C)(C)C(O)C(C)C. The van der Waals surface area contributed by atoms with Gasteiger partial charge in [0.15, 0.2) is 0 Å². The van der Waals surface area contributed by atoms with Gasteiger partial charge < -0.3 is 30.6 Å². The fourth-order valence-electron chi connectivity index (χ4n) is 5.23. The molecule has 0 aromatic heterocycles. The second-order valence-corrected chi connectivity index (χ2v) is 12.5. The van der Waals surface area contributed by atoms with Crippen LogP contribution in [0, 0.1) is 11.3 Å². The average molecular weight is 549 g/mol. The second-order valence-electron chi connectivity index (χ2n) is 12.5. The van der Waals surface area contributed by atoms with Crippen LogP contribution in [-0.2, 0) is 0 Å². The quantitative estimate of drug-likeness (QED) is 0.0809. The summed E-state index contributed by atoms with van der Waals surface area (Å²) >= 11 is 0. The van der Waals surface area contributed by atoms with Gasteiger partial charge in [0.2, 0.25) is 0 Å². The van der Waals surface area contributed by atoms with E-state index in [1.165, 1.54) is 51.4 Å².